The molecular formula is C16H32N2O. The van der Waals surface area contributed by atoms with E-state index in [1.54, 1.807) is 0 Å². The van der Waals surface area contributed by atoms with Gasteiger partial charge in [0.15, 0.2) is 0 Å². The Balaban J connectivity index is 1.64. The molecule has 0 spiro atoms. The minimum absolute atomic E-state index is 0.497. The lowest BCUT2D eigenvalue weighted by Crippen LogP contribution is -2.44. The molecule has 0 saturated carbocycles. The third kappa shape index (κ3) is 4.73. The van der Waals surface area contributed by atoms with Crippen LogP contribution in [0.15, 0.2) is 0 Å². The fourth-order valence-electron chi connectivity index (χ4n) is 3.37. The molecule has 0 aliphatic carbocycles. The number of hydrogen-bond acceptors (Lipinski definition) is 3. The second-order valence-electron chi connectivity index (χ2n) is 6.75. The van der Waals surface area contributed by atoms with Crippen LogP contribution in [0.5, 0.6) is 0 Å². The minimum atomic E-state index is 0.497. The van der Waals surface area contributed by atoms with Crippen molar-refractivity contribution in [2.75, 3.05) is 32.8 Å². The molecule has 1 unspecified atom stereocenters. The van der Waals surface area contributed by atoms with E-state index in [-0.39, 0.29) is 0 Å². The topological polar surface area (TPSA) is 24.5 Å². The Morgan fingerprint density at radius 3 is 2.26 bits per heavy atom. The van der Waals surface area contributed by atoms with Gasteiger partial charge in [-0.05, 0) is 70.6 Å². The zero-order valence-corrected chi connectivity index (χ0v) is 13.0. The molecule has 3 heteroatoms. The summed E-state index contributed by atoms with van der Waals surface area (Å²) in [7, 11) is 0. The molecule has 2 rings (SSSR count). The van der Waals surface area contributed by atoms with Gasteiger partial charge in [0.05, 0.1) is 12.7 Å². The molecule has 2 aliphatic heterocycles. The van der Waals surface area contributed by atoms with Gasteiger partial charge in [0.1, 0.15) is 0 Å². The van der Waals surface area contributed by atoms with Crippen molar-refractivity contribution in [3.05, 3.63) is 0 Å². The first-order chi connectivity index (χ1) is 9.16. The van der Waals surface area contributed by atoms with Gasteiger partial charge < -0.3 is 10.1 Å². The highest BCUT2D eigenvalue weighted by molar-refractivity contribution is 4.78. The van der Waals surface area contributed by atoms with Gasteiger partial charge in [0.2, 0.25) is 0 Å². The molecule has 2 heterocycles. The zero-order valence-electron chi connectivity index (χ0n) is 13.0. The molecule has 2 saturated heterocycles. The van der Waals surface area contributed by atoms with E-state index in [1.165, 1.54) is 38.8 Å². The van der Waals surface area contributed by atoms with Crippen LogP contribution in [0.25, 0.3) is 0 Å². The Hall–Kier alpha value is -0.120. The SMILES string of the molecule is CC(C)C1CCN(C(C)COC2CCNCC2)CC1. The highest BCUT2D eigenvalue weighted by Crippen LogP contribution is 2.25. The Morgan fingerprint density at radius 1 is 1.05 bits per heavy atom. The summed E-state index contributed by atoms with van der Waals surface area (Å²) >= 11 is 0. The van der Waals surface area contributed by atoms with Crippen LogP contribution in [-0.2, 0) is 4.74 Å². The number of rotatable bonds is 5. The largest absolute Gasteiger partial charge is 0.377 e. The van der Waals surface area contributed by atoms with E-state index >= 15 is 0 Å². The van der Waals surface area contributed by atoms with Crippen molar-refractivity contribution in [3.63, 3.8) is 0 Å². The van der Waals surface area contributed by atoms with Crippen molar-refractivity contribution >= 4 is 0 Å². The third-order valence-corrected chi connectivity index (χ3v) is 5.00. The van der Waals surface area contributed by atoms with Crippen LogP contribution < -0.4 is 5.32 Å². The standard InChI is InChI=1S/C16H32N2O/c1-13(2)15-6-10-18(11-7-15)14(3)12-19-16-4-8-17-9-5-16/h13-17H,4-12H2,1-3H3. The predicted octanol–water partition coefficient (Wildman–Crippen LogP) is 2.51. The molecular weight excluding hydrogens is 236 g/mol. The molecule has 2 fully saturated rings. The number of ether oxygens (including phenoxy) is 1. The summed E-state index contributed by atoms with van der Waals surface area (Å²) in [5.74, 6) is 1.79. The van der Waals surface area contributed by atoms with Gasteiger partial charge in [-0.15, -0.1) is 0 Å². The van der Waals surface area contributed by atoms with E-state index in [0.29, 0.717) is 12.1 Å². The quantitative estimate of drug-likeness (QED) is 0.829. The molecule has 1 atom stereocenters. The highest BCUT2D eigenvalue weighted by atomic mass is 16.5. The van der Waals surface area contributed by atoms with Gasteiger partial charge in [0.25, 0.3) is 0 Å². The maximum absolute atomic E-state index is 6.09. The number of nitrogens with one attached hydrogen (secondary N) is 1. The Labute approximate surface area is 119 Å². The van der Waals surface area contributed by atoms with Crippen LogP contribution in [0, 0.1) is 11.8 Å². The first-order valence-corrected chi connectivity index (χ1v) is 8.23. The van der Waals surface area contributed by atoms with Gasteiger partial charge >= 0.3 is 0 Å². The molecule has 3 nitrogen and oxygen atoms in total. The van der Waals surface area contributed by atoms with Crippen molar-refractivity contribution in [2.24, 2.45) is 11.8 Å². The average Bonchev–Trinajstić information content (AvgIpc) is 2.46. The first-order valence-electron chi connectivity index (χ1n) is 8.23. The van der Waals surface area contributed by atoms with Crippen LogP contribution in [0.1, 0.15) is 46.5 Å². The summed E-state index contributed by atoms with van der Waals surface area (Å²) in [6.07, 6.45) is 5.60. The van der Waals surface area contributed by atoms with Crippen LogP contribution in [0.3, 0.4) is 0 Å². The van der Waals surface area contributed by atoms with Crippen LogP contribution >= 0.6 is 0 Å². The number of piperidine rings is 2. The number of hydrogen-bond donors (Lipinski definition) is 1. The van der Waals surface area contributed by atoms with E-state index in [2.05, 4.69) is 31.0 Å². The monoisotopic (exact) mass is 268 g/mol. The molecule has 2 aliphatic rings. The van der Waals surface area contributed by atoms with Crippen molar-refractivity contribution in [1.82, 2.24) is 10.2 Å². The summed E-state index contributed by atoms with van der Waals surface area (Å²) in [4.78, 5) is 2.62. The van der Waals surface area contributed by atoms with Gasteiger partial charge in [-0.1, -0.05) is 13.8 Å². The molecule has 0 bridgehead atoms. The second kappa shape index (κ2) is 7.61. The van der Waals surface area contributed by atoms with Crippen LogP contribution in [0.4, 0.5) is 0 Å². The zero-order chi connectivity index (χ0) is 13.7. The van der Waals surface area contributed by atoms with Crippen LogP contribution in [-0.4, -0.2) is 49.8 Å². The van der Waals surface area contributed by atoms with Gasteiger partial charge in [0, 0.05) is 6.04 Å². The van der Waals surface area contributed by atoms with Crippen molar-refractivity contribution in [2.45, 2.75) is 58.6 Å². The smallest absolute Gasteiger partial charge is 0.0622 e. The Kier molecular flexibility index (Phi) is 6.11. The van der Waals surface area contributed by atoms with Gasteiger partial charge in [-0.2, -0.15) is 0 Å². The van der Waals surface area contributed by atoms with Crippen molar-refractivity contribution in [3.8, 4) is 0 Å². The Bertz CT molecular complexity index is 243. The molecule has 112 valence electrons. The van der Waals surface area contributed by atoms with E-state index in [9.17, 15) is 0 Å². The molecule has 1 N–H and O–H groups in total. The average molecular weight is 268 g/mol. The van der Waals surface area contributed by atoms with Gasteiger partial charge in [-0.3, -0.25) is 4.90 Å². The lowest BCUT2D eigenvalue weighted by molar-refractivity contribution is -0.00959. The lowest BCUT2D eigenvalue weighted by Gasteiger charge is -2.38. The summed E-state index contributed by atoms with van der Waals surface area (Å²) in [6, 6.07) is 0.586. The fourth-order valence-corrected chi connectivity index (χ4v) is 3.37. The summed E-state index contributed by atoms with van der Waals surface area (Å²) in [5, 5.41) is 3.39. The minimum Gasteiger partial charge on any atom is -0.377 e. The summed E-state index contributed by atoms with van der Waals surface area (Å²) in [6.45, 7) is 12.7. The Morgan fingerprint density at radius 2 is 1.68 bits per heavy atom. The summed E-state index contributed by atoms with van der Waals surface area (Å²) in [5.41, 5.74) is 0. The predicted molar refractivity (Wildman–Crippen MR) is 80.4 cm³/mol. The number of likely N-dealkylation sites (tertiary alicyclic amines) is 1. The van der Waals surface area contributed by atoms with Gasteiger partial charge in [-0.25, -0.2) is 0 Å². The second-order valence-corrected chi connectivity index (χ2v) is 6.75. The molecule has 0 aromatic carbocycles. The molecule has 0 aromatic heterocycles. The summed E-state index contributed by atoms with van der Waals surface area (Å²) < 4.78 is 6.09. The molecule has 0 aromatic rings. The normalized spacial score (nSPS) is 25.9. The van der Waals surface area contributed by atoms with E-state index < -0.39 is 0 Å². The van der Waals surface area contributed by atoms with Crippen LogP contribution in [0.2, 0.25) is 0 Å². The third-order valence-electron chi connectivity index (χ3n) is 5.00. The maximum atomic E-state index is 6.09. The fraction of sp³-hybridized carbons (Fsp3) is 1.00. The molecule has 0 radical (unpaired) electrons. The van der Waals surface area contributed by atoms with E-state index in [1.807, 2.05) is 0 Å². The first kappa shape index (κ1) is 15.3. The maximum Gasteiger partial charge on any atom is 0.0622 e. The molecule has 19 heavy (non-hydrogen) atoms. The number of nitrogens with zero attached hydrogens (tertiary/aromatic N) is 1. The van der Waals surface area contributed by atoms with E-state index in [4.69, 9.17) is 4.74 Å². The van der Waals surface area contributed by atoms with Crippen molar-refractivity contribution < 1.29 is 4.74 Å². The molecule has 0 amide bonds. The van der Waals surface area contributed by atoms with E-state index in [0.717, 1.165) is 31.5 Å². The highest BCUT2D eigenvalue weighted by Gasteiger charge is 2.25. The lowest BCUT2D eigenvalue weighted by atomic mass is 9.86. The van der Waals surface area contributed by atoms with Crippen molar-refractivity contribution in [1.29, 1.82) is 0 Å².